The Bertz CT molecular complexity index is 559. The number of benzene rings is 1. The van der Waals surface area contributed by atoms with Gasteiger partial charge in [0.05, 0.1) is 0 Å². The minimum Gasteiger partial charge on any atom is -0.340 e. The van der Waals surface area contributed by atoms with Crippen LogP contribution in [0.15, 0.2) is 36.4 Å². The zero-order valence-corrected chi connectivity index (χ0v) is 13.1. The number of pyridine rings is 1. The summed E-state index contributed by atoms with van der Waals surface area (Å²) in [6.45, 7) is 10.9. The van der Waals surface area contributed by atoms with Gasteiger partial charge in [0.2, 0.25) is 0 Å². The number of aryl methyl sites for hydroxylation is 1. The van der Waals surface area contributed by atoms with Gasteiger partial charge in [-0.3, -0.25) is 0 Å². The monoisotopic (exact) mass is 268 g/mol. The maximum atomic E-state index is 4.56. The van der Waals surface area contributed by atoms with Crippen molar-refractivity contribution in [2.24, 2.45) is 0 Å². The van der Waals surface area contributed by atoms with Gasteiger partial charge in [0, 0.05) is 11.4 Å². The van der Waals surface area contributed by atoms with Crippen molar-refractivity contribution in [3.05, 3.63) is 53.2 Å². The lowest BCUT2D eigenvalue weighted by atomic mass is 9.92. The molecule has 2 nitrogen and oxygen atoms in total. The zero-order chi connectivity index (χ0) is 14.7. The molecule has 0 fully saturated rings. The predicted octanol–water partition coefficient (Wildman–Crippen LogP) is 5.38. The highest BCUT2D eigenvalue weighted by Gasteiger charge is 2.14. The molecule has 0 spiro atoms. The Morgan fingerprint density at radius 2 is 1.40 bits per heavy atom. The molecule has 0 aliphatic carbocycles. The molecule has 1 aromatic carbocycles. The third kappa shape index (κ3) is 3.19. The standard InChI is InChI=1S/C18H24N2/c1-12(2)15-9-7-10-16(13(3)4)18(15)20-17-11-6-8-14(5)19-17/h6-13H,1-5H3,(H,19,20). The van der Waals surface area contributed by atoms with Crippen LogP contribution in [-0.4, -0.2) is 4.98 Å². The van der Waals surface area contributed by atoms with Gasteiger partial charge in [-0.15, -0.1) is 0 Å². The molecule has 0 atom stereocenters. The van der Waals surface area contributed by atoms with Crippen molar-refractivity contribution in [3.8, 4) is 0 Å². The molecule has 1 heterocycles. The number of rotatable bonds is 4. The molecular formula is C18H24N2. The Balaban J connectivity index is 2.48. The molecular weight excluding hydrogens is 244 g/mol. The first-order valence-corrected chi connectivity index (χ1v) is 7.32. The second-order valence-corrected chi connectivity index (χ2v) is 5.91. The SMILES string of the molecule is Cc1cccc(Nc2c(C(C)C)cccc2C(C)C)n1. The molecule has 1 N–H and O–H groups in total. The lowest BCUT2D eigenvalue weighted by Gasteiger charge is -2.20. The third-order valence-electron chi connectivity index (χ3n) is 3.51. The number of hydrogen-bond donors (Lipinski definition) is 1. The summed E-state index contributed by atoms with van der Waals surface area (Å²) < 4.78 is 0. The lowest BCUT2D eigenvalue weighted by molar-refractivity contribution is 0.838. The molecule has 106 valence electrons. The fourth-order valence-corrected chi connectivity index (χ4v) is 2.44. The van der Waals surface area contributed by atoms with Gasteiger partial charge < -0.3 is 5.32 Å². The number of nitrogens with zero attached hydrogens (tertiary/aromatic N) is 1. The molecule has 1 aromatic heterocycles. The van der Waals surface area contributed by atoms with Crippen LogP contribution in [0, 0.1) is 6.92 Å². The third-order valence-corrected chi connectivity index (χ3v) is 3.51. The lowest BCUT2D eigenvalue weighted by Crippen LogP contribution is -2.04. The molecule has 0 unspecified atom stereocenters. The van der Waals surface area contributed by atoms with Gasteiger partial charge in [-0.25, -0.2) is 4.98 Å². The maximum absolute atomic E-state index is 4.56. The number of nitrogens with one attached hydrogen (secondary N) is 1. The first-order valence-electron chi connectivity index (χ1n) is 7.32. The van der Waals surface area contributed by atoms with E-state index in [0.29, 0.717) is 11.8 Å². The second kappa shape index (κ2) is 6.08. The molecule has 2 heteroatoms. The van der Waals surface area contributed by atoms with E-state index < -0.39 is 0 Å². The summed E-state index contributed by atoms with van der Waals surface area (Å²) in [5.74, 6) is 1.89. The summed E-state index contributed by atoms with van der Waals surface area (Å²) >= 11 is 0. The van der Waals surface area contributed by atoms with E-state index in [1.807, 2.05) is 25.1 Å². The number of aromatic nitrogens is 1. The molecule has 0 aliphatic rings. The van der Waals surface area contributed by atoms with Crippen LogP contribution < -0.4 is 5.32 Å². The van der Waals surface area contributed by atoms with E-state index in [1.165, 1.54) is 16.8 Å². The van der Waals surface area contributed by atoms with E-state index in [0.717, 1.165) is 11.5 Å². The Labute approximate surface area is 122 Å². The minimum atomic E-state index is 0.487. The van der Waals surface area contributed by atoms with Gasteiger partial charge in [0.1, 0.15) is 5.82 Å². The maximum Gasteiger partial charge on any atom is 0.130 e. The van der Waals surface area contributed by atoms with E-state index in [4.69, 9.17) is 0 Å². The van der Waals surface area contributed by atoms with E-state index in [-0.39, 0.29) is 0 Å². The molecule has 2 aromatic rings. The van der Waals surface area contributed by atoms with Gasteiger partial charge in [0.15, 0.2) is 0 Å². The molecule has 20 heavy (non-hydrogen) atoms. The molecule has 0 bridgehead atoms. The van der Waals surface area contributed by atoms with Crippen LogP contribution in [0.1, 0.15) is 56.4 Å². The Morgan fingerprint density at radius 1 is 0.850 bits per heavy atom. The molecule has 2 rings (SSSR count). The smallest absolute Gasteiger partial charge is 0.130 e. The Kier molecular flexibility index (Phi) is 4.43. The van der Waals surface area contributed by atoms with E-state index in [1.54, 1.807) is 0 Å². The molecule has 0 amide bonds. The van der Waals surface area contributed by atoms with Gasteiger partial charge in [0.25, 0.3) is 0 Å². The van der Waals surface area contributed by atoms with E-state index >= 15 is 0 Å². The van der Waals surface area contributed by atoms with Crippen molar-refractivity contribution < 1.29 is 0 Å². The minimum absolute atomic E-state index is 0.487. The first kappa shape index (κ1) is 14.6. The van der Waals surface area contributed by atoms with Crippen LogP contribution in [0.2, 0.25) is 0 Å². The molecule has 0 radical (unpaired) electrons. The van der Waals surface area contributed by atoms with Crippen LogP contribution >= 0.6 is 0 Å². The van der Waals surface area contributed by atoms with Crippen LogP contribution in [-0.2, 0) is 0 Å². The van der Waals surface area contributed by atoms with Crippen molar-refractivity contribution >= 4 is 11.5 Å². The van der Waals surface area contributed by atoms with Crippen LogP contribution in [0.25, 0.3) is 0 Å². The van der Waals surface area contributed by atoms with Crippen molar-refractivity contribution in [2.45, 2.75) is 46.5 Å². The summed E-state index contributed by atoms with van der Waals surface area (Å²) in [6, 6.07) is 12.6. The summed E-state index contributed by atoms with van der Waals surface area (Å²) in [7, 11) is 0. The van der Waals surface area contributed by atoms with Crippen molar-refractivity contribution in [1.82, 2.24) is 4.98 Å². The summed E-state index contributed by atoms with van der Waals surface area (Å²) in [6.07, 6.45) is 0. The van der Waals surface area contributed by atoms with Gasteiger partial charge in [-0.1, -0.05) is 52.0 Å². The Morgan fingerprint density at radius 3 is 1.90 bits per heavy atom. The van der Waals surface area contributed by atoms with Gasteiger partial charge in [-0.05, 0) is 42.0 Å². The predicted molar refractivity (Wildman–Crippen MR) is 86.9 cm³/mol. The van der Waals surface area contributed by atoms with Crippen molar-refractivity contribution in [1.29, 1.82) is 0 Å². The highest BCUT2D eigenvalue weighted by Crippen LogP contribution is 2.34. The van der Waals surface area contributed by atoms with Crippen molar-refractivity contribution in [3.63, 3.8) is 0 Å². The summed E-state index contributed by atoms with van der Waals surface area (Å²) in [5, 5.41) is 3.53. The highest BCUT2D eigenvalue weighted by molar-refractivity contribution is 5.66. The van der Waals surface area contributed by atoms with Crippen LogP contribution in [0.3, 0.4) is 0 Å². The Hall–Kier alpha value is -1.83. The van der Waals surface area contributed by atoms with Gasteiger partial charge >= 0.3 is 0 Å². The molecule has 0 saturated heterocycles. The first-order chi connectivity index (χ1) is 9.49. The summed E-state index contributed by atoms with van der Waals surface area (Å²) in [4.78, 5) is 4.56. The van der Waals surface area contributed by atoms with Gasteiger partial charge in [-0.2, -0.15) is 0 Å². The number of anilines is 2. The number of hydrogen-bond acceptors (Lipinski definition) is 2. The molecule has 0 aliphatic heterocycles. The molecule has 0 saturated carbocycles. The highest BCUT2D eigenvalue weighted by atomic mass is 15.0. The van der Waals surface area contributed by atoms with Crippen molar-refractivity contribution in [2.75, 3.05) is 5.32 Å². The summed E-state index contributed by atoms with van der Waals surface area (Å²) in [5.41, 5.74) is 4.94. The largest absolute Gasteiger partial charge is 0.340 e. The van der Waals surface area contributed by atoms with Crippen LogP contribution in [0.4, 0.5) is 11.5 Å². The van der Waals surface area contributed by atoms with Crippen LogP contribution in [0.5, 0.6) is 0 Å². The average molecular weight is 268 g/mol. The van der Waals surface area contributed by atoms with E-state index in [9.17, 15) is 0 Å². The van der Waals surface area contributed by atoms with E-state index in [2.05, 4.69) is 56.2 Å². The fraction of sp³-hybridized carbons (Fsp3) is 0.389. The topological polar surface area (TPSA) is 24.9 Å². The normalized spacial score (nSPS) is 11.2. The average Bonchev–Trinajstić information content (AvgIpc) is 2.38. The second-order valence-electron chi connectivity index (χ2n) is 5.91. The number of para-hydroxylation sites is 1. The fourth-order valence-electron chi connectivity index (χ4n) is 2.44. The quantitative estimate of drug-likeness (QED) is 0.805. The zero-order valence-electron chi connectivity index (χ0n) is 13.1.